The third-order valence-corrected chi connectivity index (χ3v) is 4.10. The van der Waals surface area contributed by atoms with Gasteiger partial charge in [0.05, 0.1) is 6.04 Å². The summed E-state index contributed by atoms with van der Waals surface area (Å²) in [7, 11) is 0. The van der Waals surface area contributed by atoms with Crippen LogP contribution in [0.25, 0.3) is 0 Å². The molecule has 0 aromatic heterocycles. The predicted octanol–water partition coefficient (Wildman–Crippen LogP) is 0.196. The number of thiol groups is 1. The van der Waals surface area contributed by atoms with Crippen molar-refractivity contribution in [2.45, 2.75) is 38.4 Å². The van der Waals surface area contributed by atoms with E-state index in [2.05, 4.69) is 23.3 Å². The highest BCUT2D eigenvalue weighted by atomic mass is 32.1. The van der Waals surface area contributed by atoms with E-state index in [0.717, 1.165) is 5.56 Å². The first-order chi connectivity index (χ1) is 11.8. The number of nitrogens with two attached hydrogens (primary N) is 1. The molecule has 0 spiro atoms. The van der Waals surface area contributed by atoms with E-state index in [9.17, 15) is 14.4 Å². The molecule has 25 heavy (non-hydrogen) atoms. The number of hydrogen-bond donors (Lipinski definition) is 5. The van der Waals surface area contributed by atoms with Gasteiger partial charge in [-0.05, 0) is 11.5 Å². The second-order valence-corrected chi connectivity index (χ2v) is 6.47. The molecule has 0 aliphatic rings. The summed E-state index contributed by atoms with van der Waals surface area (Å²) in [5, 5.41) is 14.1. The van der Waals surface area contributed by atoms with Crippen LogP contribution < -0.4 is 16.4 Å². The average molecular weight is 367 g/mol. The van der Waals surface area contributed by atoms with E-state index < -0.39 is 35.9 Å². The number of benzene rings is 1. The lowest BCUT2D eigenvalue weighted by Crippen LogP contribution is -2.56. The van der Waals surface area contributed by atoms with E-state index in [1.54, 1.807) is 13.8 Å². The maximum atomic E-state index is 12.5. The third-order valence-electron chi connectivity index (χ3n) is 3.73. The zero-order chi connectivity index (χ0) is 19.0. The first-order valence-corrected chi connectivity index (χ1v) is 8.63. The Morgan fingerprint density at radius 1 is 1.08 bits per heavy atom. The van der Waals surface area contributed by atoms with Crippen molar-refractivity contribution in [3.05, 3.63) is 35.9 Å². The molecule has 0 radical (unpaired) electrons. The molecule has 5 N–H and O–H groups in total. The van der Waals surface area contributed by atoms with Gasteiger partial charge in [-0.1, -0.05) is 44.2 Å². The van der Waals surface area contributed by atoms with E-state index in [-0.39, 0.29) is 18.1 Å². The van der Waals surface area contributed by atoms with Crippen LogP contribution in [0.15, 0.2) is 30.3 Å². The SMILES string of the molecule is CC(C)C(N)C(=O)NC(Cc1ccccc1)C(=O)NC(CS)C(=O)O. The summed E-state index contributed by atoms with van der Waals surface area (Å²) < 4.78 is 0. The number of carbonyl (C=O) groups is 3. The van der Waals surface area contributed by atoms with E-state index in [1.807, 2.05) is 30.3 Å². The molecule has 1 aromatic carbocycles. The number of nitrogens with one attached hydrogen (secondary N) is 2. The minimum absolute atomic E-state index is 0.0570. The summed E-state index contributed by atoms with van der Waals surface area (Å²) in [5.74, 6) is -2.38. The Balaban J connectivity index is 2.91. The Labute approximate surface area is 152 Å². The quantitative estimate of drug-likeness (QED) is 0.399. The Morgan fingerprint density at radius 2 is 1.64 bits per heavy atom. The maximum Gasteiger partial charge on any atom is 0.327 e. The van der Waals surface area contributed by atoms with Gasteiger partial charge in [0.25, 0.3) is 0 Å². The van der Waals surface area contributed by atoms with E-state index in [4.69, 9.17) is 10.8 Å². The Bertz CT molecular complexity index is 595. The van der Waals surface area contributed by atoms with Crippen LogP contribution in [0.3, 0.4) is 0 Å². The van der Waals surface area contributed by atoms with Gasteiger partial charge in [-0.2, -0.15) is 12.6 Å². The lowest BCUT2D eigenvalue weighted by molar-refractivity contribution is -0.141. The Kier molecular flexibility index (Phi) is 8.44. The molecule has 0 saturated heterocycles. The summed E-state index contributed by atoms with van der Waals surface area (Å²) in [6.07, 6.45) is 0.224. The molecule has 3 unspecified atom stereocenters. The molecule has 0 saturated carbocycles. The highest BCUT2D eigenvalue weighted by Gasteiger charge is 2.28. The number of rotatable bonds is 9. The van der Waals surface area contributed by atoms with Crippen molar-refractivity contribution in [2.75, 3.05) is 5.75 Å². The fraction of sp³-hybridized carbons (Fsp3) is 0.471. The highest BCUT2D eigenvalue weighted by molar-refractivity contribution is 7.80. The summed E-state index contributed by atoms with van der Waals surface area (Å²) in [6, 6.07) is 6.30. The molecule has 1 rings (SSSR count). The normalized spacial score (nSPS) is 14.4. The predicted molar refractivity (Wildman–Crippen MR) is 98.3 cm³/mol. The molecule has 0 aliphatic carbocycles. The van der Waals surface area contributed by atoms with Crippen molar-refractivity contribution in [1.82, 2.24) is 10.6 Å². The van der Waals surface area contributed by atoms with Crippen LogP contribution in [0.5, 0.6) is 0 Å². The van der Waals surface area contributed by atoms with Crippen molar-refractivity contribution in [3.8, 4) is 0 Å². The molecule has 0 heterocycles. The van der Waals surface area contributed by atoms with Crippen LogP contribution >= 0.6 is 12.6 Å². The van der Waals surface area contributed by atoms with Gasteiger partial charge >= 0.3 is 5.97 Å². The zero-order valence-corrected chi connectivity index (χ0v) is 15.2. The van der Waals surface area contributed by atoms with E-state index in [0.29, 0.717) is 0 Å². The number of carboxylic acids is 1. The van der Waals surface area contributed by atoms with E-state index >= 15 is 0 Å². The summed E-state index contributed by atoms with van der Waals surface area (Å²) in [4.78, 5) is 35.8. The van der Waals surface area contributed by atoms with Crippen LogP contribution in [0, 0.1) is 5.92 Å². The zero-order valence-electron chi connectivity index (χ0n) is 14.3. The molecule has 0 aliphatic heterocycles. The summed E-state index contributed by atoms with van der Waals surface area (Å²) in [6.45, 7) is 3.61. The second kappa shape index (κ2) is 10.0. The Hall–Kier alpha value is -2.06. The van der Waals surface area contributed by atoms with Gasteiger partial charge in [-0.3, -0.25) is 9.59 Å². The molecular weight excluding hydrogens is 342 g/mol. The van der Waals surface area contributed by atoms with Crippen LogP contribution in [0.1, 0.15) is 19.4 Å². The average Bonchev–Trinajstić information content (AvgIpc) is 2.58. The fourth-order valence-electron chi connectivity index (χ4n) is 2.09. The van der Waals surface area contributed by atoms with Crippen LogP contribution in [-0.4, -0.2) is 46.8 Å². The first-order valence-electron chi connectivity index (χ1n) is 8.00. The van der Waals surface area contributed by atoms with Gasteiger partial charge < -0.3 is 21.5 Å². The molecular formula is C17H25N3O4S. The maximum absolute atomic E-state index is 12.5. The standard InChI is InChI=1S/C17H25N3O4S/c1-10(2)14(18)16(22)19-12(8-11-6-4-3-5-7-11)15(21)20-13(9-25)17(23)24/h3-7,10,12-14,25H,8-9,18H2,1-2H3,(H,19,22)(H,20,21)(H,23,24). The smallest absolute Gasteiger partial charge is 0.327 e. The van der Waals surface area contributed by atoms with Gasteiger partial charge in [0.2, 0.25) is 11.8 Å². The topological polar surface area (TPSA) is 122 Å². The van der Waals surface area contributed by atoms with Gasteiger partial charge in [0.15, 0.2) is 0 Å². The largest absolute Gasteiger partial charge is 0.480 e. The number of carbonyl (C=O) groups excluding carboxylic acids is 2. The number of amides is 2. The minimum Gasteiger partial charge on any atom is -0.480 e. The third kappa shape index (κ3) is 6.75. The highest BCUT2D eigenvalue weighted by Crippen LogP contribution is 2.06. The van der Waals surface area contributed by atoms with Crippen LogP contribution in [0.4, 0.5) is 0 Å². The molecule has 0 fully saturated rings. The molecule has 2 amide bonds. The van der Waals surface area contributed by atoms with Crippen LogP contribution in [-0.2, 0) is 20.8 Å². The molecule has 1 aromatic rings. The number of carboxylic acid groups (broad SMARTS) is 1. The van der Waals surface area contributed by atoms with E-state index in [1.165, 1.54) is 0 Å². The van der Waals surface area contributed by atoms with Crippen molar-refractivity contribution in [3.63, 3.8) is 0 Å². The lowest BCUT2D eigenvalue weighted by atomic mass is 10.0. The second-order valence-electron chi connectivity index (χ2n) is 6.10. The molecule has 138 valence electrons. The monoisotopic (exact) mass is 367 g/mol. The van der Waals surface area contributed by atoms with Gasteiger partial charge in [-0.15, -0.1) is 0 Å². The minimum atomic E-state index is -1.19. The Morgan fingerprint density at radius 3 is 2.12 bits per heavy atom. The van der Waals surface area contributed by atoms with Gasteiger partial charge in [-0.25, -0.2) is 4.79 Å². The van der Waals surface area contributed by atoms with Crippen molar-refractivity contribution in [2.24, 2.45) is 11.7 Å². The lowest BCUT2D eigenvalue weighted by Gasteiger charge is -2.23. The van der Waals surface area contributed by atoms with Gasteiger partial charge in [0.1, 0.15) is 12.1 Å². The van der Waals surface area contributed by atoms with Crippen molar-refractivity contribution in [1.29, 1.82) is 0 Å². The molecule has 7 nitrogen and oxygen atoms in total. The first kappa shape index (κ1) is 21.0. The molecule has 3 atom stereocenters. The number of hydrogen-bond acceptors (Lipinski definition) is 5. The van der Waals surface area contributed by atoms with Crippen molar-refractivity contribution < 1.29 is 19.5 Å². The van der Waals surface area contributed by atoms with Crippen molar-refractivity contribution >= 4 is 30.4 Å². The van der Waals surface area contributed by atoms with Crippen LogP contribution in [0.2, 0.25) is 0 Å². The summed E-state index contributed by atoms with van der Waals surface area (Å²) in [5.41, 5.74) is 6.66. The number of aliphatic carboxylic acids is 1. The van der Waals surface area contributed by atoms with Gasteiger partial charge in [0, 0.05) is 12.2 Å². The molecule has 8 heteroatoms. The molecule has 0 bridgehead atoms. The fourth-order valence-corrected chi connectivity index (χ4v) is 2.34. The summed E-state index contributed by atoms with van der Waals surface area (Å²) >= 11 is 3.92.